The summed E-state index contributed by atoms with van der Waals surface area (Å²) >= 11 is 0. The maximum Gasteiger partial charge on any atom is 0.137 e. The summed E-state index contributed by atoms with van der Waals surface area (Å²) in [5.41, 5.74) is 1.23. The van der Waals surface area contributed by atoms with E-state index in [0.717, 1.165) is 25.8 Å². The van der Waals surface area contributed by atoms with Crippen molar-refractivity contribution >= 4 is 5.71 Å². The van der Waals surface area contributed by atoms with Crippen molar-refractivity contribution in [2.75, 3.05) is 27.4 Å². The highest BCUT2D eigenvalue weighted by atomic mass is 16.5. The van der Waals surface area contributed by atoms with Crippen LogP contribution in [0.25, 0.3) is 0 Å². The van der Waals surface area contributed by atoms with Crippen LogP contribution in [0.3, 0.4) is 0 Å². The molecule has 3 nitrogen and oxygen atoms in total. The molecule has 0 aliphatic rings. The van der Waals surface area contributed by atoms with E-state index >= 15 is 0 Å². The molecular weight excluding hydrogens is 585 g/mol. The number of aliphatic imine (C=N–C) groups is 1. The van der Waals surface area contributed by atoms with Gasteiger partial charge in [0.15, 0.2) is 0 Å². The second-order valence-corrected chi connectivity index (χ2v) is 14.5. The monoisotopic (exact) mass is 669 g/mol. The third-order valence-corrected chi connectivity index (χ3v) is 9.24. The Morgan fingerprint density at radius 1 is 0.521 bits per heavy atom. The fraction of sp³-hybridized carbons (Fsp3) is 0.800. The molecule has 280 valence electrons. The van der Waals surface area contributed by atoms with E-state index in [9.17, 15) is 0 Å². The van der Waals surface area contributed by atoms with Gasteiger partial charge >= 0.3 is 0 Å². The number of hydrogen-bond donors (Lipinski definition) is 0. The van der Waals surface area contributed by atoms with Crippen LogP contribution in [-0.2, 0) is 4.74 Å². The van der Waals surface area contributed by atoms with Crippen LogP contribution < -0.4 is 0 Å². The zero-order chi connectivity index (χ0) is 35.0. The molecule has 0 rings (SSSR count). The van der Waals surface area contributed by atoms with Gasteiger partial charge in [0.2, 0.25) is 0 Å². The minimum Gasteiger partial charge on any atom is -0.356 e. The zero-order valence-electron chi connectivity index (χ0n) is 33.2. The van der Waals surface area contributed by atoms with Gasteiger partial charge in [0.1, 0.15) is 6.73 Å². The summed E-state index contributed by atoms with van der Waals surface area (Å²) in [4.78, 5) is 7.02. The van der Waals surface area contributed by atoms with Gasteiger partial charge < -0.3 is 9.64 Å². The Kier molecular flexibility index (Phi) is 38.8. The van der Waals surface area contributed by atoms with E-state index in [1.165, 1.54) is 166 Å². The Hall–Kier alpha value is -1.45. The molecule has 0 saturated heterocycles. The van der Waals surface area contributed by atoms with E-state index in [1.807, 2.05) is 0 Å². The van der Waals surface area contributed by atoms with Gasteiger partial charge in [-0.15, -0.1) is 0 Å². The summed E-state index contributed by atoms with van der Waals surface area (Å²) in [6, 6.07) is 0. The van der Waals surface area contributed by atoms with E-state index in [2.05, 4.69) is 88.4 Å². The van der Waals surface area contributed by atoms with Gasteiger partial charge in [0, 0.05) is 5.71 Å². The molecule has 0 spiro atoms. The molecular formula is C45H84N2O. The fourth-order valence-corrected chi connectivity index (χ4v) is 6.01. The quantitative estimate of drug-likeness (QED) is 0.0374. The van der Waals surface area contributed by atoms with Gasteiger partial charge in [0.05, 0.1) is 6.10 Å². The summed E-state index contributed by atoms with van der Waals surface area (Å²) in [7, 11) is 4.28. The molecule has 0 bridgehead atoms. The van der Waals surface area contributed by atoms with Crippen molar-refractivity contribution in [2.24, 2.45) is 4.99 Å². The van der Waals surface area contributed by atoms with Gasteiger partial charge in [0.25, 0.3) is 0 Å². The molecule has 0 amide bonds. The van der Waals surface area contributed by atoms with Crippen molar-refractivity contribution in [2.45, 2.75) is 207 Å². The molecule has 0 radical (unpaired) electrons. The lowest BCUT2D eigenvalue weighted by Crippen LogP contribution is -2.15. The van der Waals surface area contributed by atoms with E-state index in [4.69, 9.17) is 9.73 Å². The summed E-state index contributed by atoms with van der Waals surface area (Å²) < 4.78 is 6.37. The highest BCUT2D eigenvalue weighted by Crippen LogP contribution is 2.18. The molecule has 0 aromatic rings. The SMILES string of the molecule is CCCCC/C=C\C/C=C\CCCCCCCCC(CCCCCCCC/C=C\C/C=C\CCCCC)OCN=C(C)CCCN(C)C. The van der Waals surface area contributed by atoms with Gasteiger partial charge in [-0.1, -0.05) is 152 Å². The molecule has 0 saturated carbocycles. The summed E-state index contributed by atoms with van der Waals surface area (Å²) in [5.74, 6) is 0. The van der Waals surface area contributed by atoms with E-state index in [1.54, 1.807) is 0 Å². The van der Waals surface area contributed by atoms with Crippen LogP contribution in [0.15, 0.2) is 53.6 Å². The third-order valence-electron chi connectivity index (χ3n) is 9.24. The van der Waals surface area contributed by atoms with Crippen molar-refractivity contribution in [1.82, 2.24) is 4.90 Å². The fourth-order valence-electron chi connectivity index (χ4n) is 6.01. The Morgan fingerprint density at radius 2 is 0.917 bits per heavy atom. The lowest BCUT2D eigenvalue weighted by Gasteiger charge is -2.17. The second-order valence-electron chi connectivity index (χ2n) is 14.5. The van der Waals surface area contributed by atoms with Crippen molar-refractivity contribution in [3.63, 3.8) is 0 Å². The van der Waals surface area contributed by atoms with Crippen LogP contribution in [0.4, 0.5) is 0 Å². The highest BCUT2D eigenvalue weighted by Gasteiger charge is 2.09. The first-order chi connectivity index (χ1) is 23.6. The number of allylic oxidation sites excluding steroid dienone is 8. The molecule has 0 aliphatic heterocycles. The predicted molar refractivity (Wildman–Crippen MR) is 219 cm³/mol. The minimum atomic E-state index is 0.375. The van der Waals surface area contributed by atoms with E-state index in [0.29, 0.717) is 12.8 Å². The third kappa shape index (κ3) is 39.0. The predicted octanol–water partition coefficient (Wildman–Crippen LogP) is 14.5. The molecule has 48 heavy (non-hydrogen) atoms. The number of unbranched alkanes of at least 4 members (excludes halogenated alkanes) is 18. The van der Waals surface area contributed by atoms with Crippen molar-refractivity contribution < 1.29 is 4.74 Å². The topological polar surface area (TPSA) is 24.8 Å². The number of ether oxygens (including phenoxy) is 1. The number of hydrogen-bond acceptors (Lipinski definition) is 3. The van der Waals surface area contributed by atoms with Gasteiger partial charge in [-0.05, 0) is 117 Å². The highest BCUT2D eigenvalue weighted by molar-refractivity contribution is 5.81. The molecule has 0 heterocycles. The van der Waals surface area contributed by atoms with Crippen molar-refractivity contribution in [3.8, 4) is 0 Å². The first-order valence-electron chi connectivity index (χ1n) is 21.0. The maximum atomic E-state index is 6.37. The molecule has 3 heteroatoms. The standard InChI is InChI=1S/C45H84N2O/c1-6-8-10-12-14-16-18-20-22-24-26-28-30-32-34-36-40-45(48-43-46-44(3)39-38-42-47(4)5)41-37-35-33-31-29-27-25-23-21-19-17-15-13-11-9-7-2/h14-17,20-23,45H,6-13,18-19,24-43H2,1-5H3/b16-14-,17-15-,22-20-,23-21-,46-44?. The van der Waals surface area contributed by atoms with E-state index in [-0.39, 0.29) is 0 Å². The largest absolute Gasteiger partial charge is 0.356 e. The average Bonchev–Trinajstić information content (AvgIpc) is 3.07. The molecule has 0 aromatic heterocycles. The average molecular weight is 669 g/mol. The minimum absolute atomic E-state index is 0.375. The molecule has 0 aliphatic carbocycles. The first-order valence-corrected chi connectivity index (χ1v) is 21.0. The molecule has 0 atom stereocenters. The van der Waals surface area contributed by atoms with Crippen LogP contribution >= 0.6 is 0 Å². The van der Waals surface area contributed by atoms with Gasteiger partial charge in [-0.25, -0.2) is 0 Å². The van der Waals surface area contributed by atoms with E-state index < -0.39 is 0 Å². The van der Waals surface area contributed by atoms with Crippen LogP contribution in [0.2, 0.25) is 0 Å². The van der Waals surface area contributed by atoms with Crippen LogP contribution in [0, 0.1) is 0 Å². The summed E-state index contributed by atoms with van der Waals surface area (Å²) in [6.07, 6.45) is 55.2. The second kappa shape index (κ2) is 40.0. The van der Waals surface area contributed by atoms with Crippen molar-refractivity contribution in [3.05, 3.63) is 48.6 Å². The Balaban J connectivity index is 4.12. The normalized spacial score (nSPS) is 12.9. The van der Waals surface area contributed by atoms with Gasteiger partial charge in [-0.2, -0.15) is 0 Å². The Morgan fingerprint density at radius 3 is 1.33 bits per heavy atom. The van der Waals surface area contributed by atoms with Crippen LogP contribution in [-0.4, -0.2) is 44.1 Å². The molecule has 0 unspecified atom stereocenters. The summed E-state index contributed by atoms with van der Waals surface area (Å²) in [5, 5.41) is 0. The summed E-state index contributed by atoms with van der Waals surface area (Å²) in [6.45, 7) is 8.37. The van der Waals surface area contributed by atoms with Crippen LogP contribution in [0.5, 0.6) is 0 Å². The zero-order valence-corrected chi connectivity index (χ0v) is 33.2. The Bertz CT molecular complexity index is 730. The maximum absolute atomic E-state index is 6.37. The molecule has 0 aromatic carbocycles. The number of rotatable bonds is 37. The molecule has 0 fully saturated rings. The van der Waals surface area contributed by atoms with Crippen molar-refractivity contribution in [1.29, 1.82) is 0 Å². The van der Waals surface area contributed by atoms with Gasteiger partial charge in [-0.3, -0.25) is 4.99 Å². The molecule has 0 N–H and O–H groups in total. The van der Waals surface area contributed by atoms with Crippen LogP contribution in [0.1, 0.15) is 201 Å². The Labute approximate surface area is 302 Å². The lowest BCUT2D eigenvalue weighted by molar-refractivity contribution is 0.0433. The lowest BCUT2D eigenvalue weighted by atomic mass is 10.0. The smallest absolute Gasteiger partial charge is 0.137 e. The first kappa shape index (κ1) is 46.5. The number of nitrogens with zero attached hydrogens (tertiary/aromatic N) is 2.